The largest absolute Gasteiger partial charge is 0.540 e. The molecular weight excluding hydrogens is 1820 g/mol. The summed E-state index contributed by atoms with van der Waals surface area (Å²) < 4.78 is 110. The maximum absolute atomic E-state index is 14.5. The van der Waals surface area contributed by atoms with E-state index in [-0.39, 0.29) is 130 Å². The van der Waals surface area contributed by atoms with Crippen LogP contribution in [0, 0.1) is 81.3 Å². The third kappa shape index (κ3) is 24.2. The molecule has 20 atom stereocenters. The van der Waals surface area contributed by atoms with E-state index in [4.69, 9.17) is 72.5 Å². The first-order valence-corrected chi connectivity index (χ1v) is 46.2. The summed E-state index contributed by atoms with van der Waals surface area (Å²) in [6.45, 7) is 16.8. The predicted molar refractivity (Wildman–Crippen MR) is 468 cm³/mol. The molecule has 3 radical (unpaired) electrons. The number of hydrogen-bond donors (Lipinski definition) is 0. The van der Waals surface area contributed by atoms with E-state index in [1.165, 1.54) is 21.1 Å². The number of rotatable bonds is 10. The Kier molecular flexibility index (Phi) is 35.0. The number of benzene rings is 3. The second-order valence-electron chi connectivity index (χ2n) is 40.5. The van der Waals surface area contributed by atoms with Gasteiger partial charge < -0.3 is 71.7 Å². The third-order valence-corrected chi connectivity index (χ3v) is 28.5. The van der Waals surface area contributed by atoms with Gasteiger partial charge in [-0.05, 0) is 173 Å². The second-order valence-corrected chi connectivity index (χ2v) is 40.5. The molecule has 0 spiro atoms. The van der Waals surface area contributed by atoms with Crippen LogP contribution in [-0.4, -0.2) is 214 Å². The van der Waals surface area contributed by atoms with Crippen LogP contribution < -0.4 is 28.4 Å². The minimum Gasteiger partial charge on any atom is -0.540 e. The van der Waals surface area contributed by atoms with E-state index in [0.29, 0.717) is 110 Å². The van der Waals surface area contributed by atoms with E-state index >= 15 is 0 Å². The number of carbonyl (C=O) groups is 6. The summed E-state index contributed by atoms with van der Waals surface area (Å²) in [5.74, 6) is -3.15. The summed E-state index contributed by atoms with van der Waals surface area (Å²) in [4.78, 5) is 151. The molecule has 7 fully saturated rings. The van der Waals surface area contributed by atoms with Crippen molar-refractivity contribution in [3.05, 3.63) is 71.7 Å². The SMILES string of the molecule is COc1ccc2nc3c(nc2c1)O[C@H]1CN(C(=O)[C@H](C(C)(C)C)CC(=O)O[C@@H]2CC4CC4[C@H]2CCCCC3)[C@H]([C-]=O)[C@@H]1CC(F)F.COc1ccc2nc3c(nc2c1)O[C@H]1CN(C(=O)[C@H](C(C)(C)C)CC(=O)O[C@@H]2C[C@H]2CCCCC3)[C@H]([C-]=O)[C@@H]1CF.COc1ccc2nc3c(nc2c1)O[C@H]1CN(C(=O)[C@H](C(C)(C)C)CC(=O)O[C@]2(C)C[C@H]2CCCCC3)[C@H]([C-]=O)[C@@H]1CF.[V].[V].[V]. The molecule has 3 amide bonds. The molecule has 34 heteroatoms. The van der Waals surface area contributed by atoms with E-state index in [2.05, 4.69) is 0 Å². The molecule has 3 aromatic carbocycles. The van der Waals surface area contributed by atoms with Crippen LogP contribution in [0.2, 0.25) is 0 Å². The zero-order valence-corrected chi connectivity index (χ0v) is 82.0. The number of aryl methyl sites for hydroxylation is 3. The Balaban J connectivity index is 0.000000189. The van der Waals surface area contributed by atoms with Crippen molar-refractivity contribution in [2.75, 3.05) is 54.3 Å². The number of carbonyl (C=O) groups excluding carboxylic acids is 9. The Morgan fingerprint density at radius 2 is 0.795 bits per heavy atom. The van der Waals surface area contributed by atoms with Crippen LogP contribution >= 0.6 is 0 Å². The minimum atomic E-state index is -2.74. The Hall–Kier alpha value is -8.22. The van der Waals surface area contributed by atoms with Crippen LogP contribution in [0.25, 0.3) is 33.1 Å². The number of hydrogen-bond acceptors (Lipinski definition) is 24. The molecule has 2 unspecified atom stereocenters. The molecule has 4 saturated carbocycles. The van der Waals surface area contributed by atoms with Gasteiger partial charge in [-0.2, -0.15) is 0 Å². The molecule has 3 saturated heterocycles. The quantitative estimate of drug-likeness (QED) is 0.0532. The first-order chi connectivity index (χ1) is 61.5. The van der Waals surface area contributed by atoms with Crippen LogP contribution in [0.5, 0.6) is 34.9 Å². The number of halogens is 4. The number of aromatic nitrogens is 6. The van der Waals surface area contributed by atoms with Gasteiger partial charge in [-0.1, -0.05) is 119 Å². The van der Waals surface area contributed by atoms with Crippen LogP contribution in [0.4, 0.5) is 17.6 Å². The predicted octanol–water partition coefficient (Wildman–Crippen LogP) is 14.9. The molecule has 16 rings (SSSR count). The van der Waals surface area contributed by atoms with Gasteiger partial charge >= 0.3 is 17.9 Å². The maximum atomic E-state index is 14.5. The van der Waals surface area contributed by atoms with Crippen molar-refractivity contribution in [3.8, 4) is 34.9 Å². The molecule has 27 nitrogen and oxygen atoms in total. The monoisotopic (exact) mass is 1940 g/mol. The van der Waals surface area contributed by atoms with Crippen molar-refractivity contribution in [2.24, 2.45) is 81.3 Å². The van der Waals surface area contributed by atoms with Gasteiger partial charge in [0.1, 0.15) is 70.5 Å². The van der Waals surface area contributed by atoms with E-state index < -0.39 is 156 Å². The fourth-order valence-corrected chi connectivity index (χ4v) is 20.4. The molecule has 0 N–H and O–H groups in total. The van der Waals surface area contributed by atoms with Crippen molar-refractivity contribution < 1.29 is 159 Å². The third-order valence-electron chi connectivity index (χ3n) is 28.5. The van der Waals surface area contributed by atoms with Crippen LogP contribution in [-0.2, 0) is 132 Å². The van der Waals surface area contributed by atoms with Crippen molar-refractivity contribution in [1.82, 2.24) is 44.6 Å². The number of amides is 3. The molecule has 9 heterocycles. The van der Waals surface area contributed by atoms with Gasteiger partial charge in [-0.3, -0.25) is 37.5 Å². The Morgan fingerprint density at radius 3 is 1.17 bits per heavy atom. The van der Waals surface area contributed by atoms with Gasteiger partial charge in [0.15, 0.2) is 0 Å². The summed E-state index contributed by atoms with van der Waals surface area (Å²) in [6, 6.07) is 12.6. The Bertz CT molecular complexity index is 5110. The number of alkyl halides is 4. The maximum Gasteiger partial charge on any atom is 0.307 e. The standard InChI is InChI=1S/C35H44F2N3O6.C32H41FN3O6.C31H39FN3O6.3V/c1-35(2,3)24-16-32(42)45-29-13-19-12-22(19)21(29)8-6-5-7-9-26-33(39-27-14-20(44-4)10-11-25(27)38-26)46-30-17-40(34(24)43)28(18-41)23(30)15-31(36)37;1-31(2,3)22-14-28(38)42-32(4)15-19(32)9-7-6-8-10-24-29(35-25-13-20(40-5)11-12-23(25)34-24)41-27-17-36(30(22)39)26(18-37)21(27)16-33;1-31(2,3)21-14-28(37)40-26-12-18(26)8-6-5-7-9-23-29(34-24-13-19(39-4)10-11-22(24)33-23)41-27-16-35(30(21)38)25(17-36)20(27)15-32;;;/h10-11,14,19,21-24,28-31H,5-9,12-13,15-17H2,1-4H3;11-13,19,21-22,26-27H,6-10,14-17H2,1-5H3;10-11,13,18,20-21,25-27H,5-9,12,14-16H2,1-4H3;;;/q3*-1;;;/t19?,21-,22?,23+,24-,28-,29-,30+;19-,21+,22-,26-,27+,32-;18-,20+,21-,25-,26-,27+;;;/m111.../s1. The van der Waals surface area contributed by atoms with Gasteiger partial charge in [0.2, 0.25) is 41.8 Å². The van der Waals surface area contributed by atoms with Crippen LogP contribution in [0.1, 0.15) is 215 Å². The summed E-state index contributed by atoms with van der Waals surface area (Å²) in [6.07, 6.45) is 15.6. The average Bonchev–Trinajstić information content (AvgIpc) is 1.58. The van der Waals surface area contributed by atoms with E-state index in [0.717, 1.165) is 96.3 Å². The Morgan fingerprint density at radius 1 is 0.432 bits per heavy atom. The molecule has 715 valence electrons. The average molecular weight is 1940 g/mol. The second kappa shape index (κ2) is 44.3. The molecular formula is C98H124F4N9O18V3-3. The van der Waals surface area contributed by atoms with Crippen LogP contribution in [0.15, 0.2) is 54.6 Å². The van der Waals surface area contributed by atoms with Crippen LogP contribution in [0.3, 0.4) is 0 Å². The molecule has 10 aliphatic rings. The summed E-state index contributed by atoms with van der Waals surface area (Å²) in [5.41, 5.74) is 3.19. The molecule has 4 aliphatic carbocycles. The van der Waals surface area contributed by atoms with Crippen molar-refractivity contribution in [1.29, 1.82) is 0 Å². The molecule has 6 aliphatic heterocycles. The zero-order chi connectivity index (χ0) is 92.3. The fourth-order valence-electron chi connectivity index (χ4n) is 20.4. The van der Waals surface area contributed by atoms with Gasteiger partial charge in [-0.25, -0.2) is 57.5 Å². The number of ether oxygens (including phenoxy) is 9. The van der Waals surface area contributed by atoms with Gasteiger partial charge in [0.05, 0.1) is 124 Å². The van der Waals surface area contributed by atoms with Crippen molar-refractivity contribution in [2.45, 2.75) is 278 Å². The van der Waals surface area contributed by atoms with Crippen molar-refractivity contribution in [3.63, 3.8) is 0 Å². The molecule has 6 aromatic rings. The number of fused-ring (bicyclic) bond motifs is 17. The fraction of sp³-hybridized carbons (Fsp3) is 0.663. The number of nitrogens with zero attached hydrogens (tertiary/aromatic N) is 9. The topological polar surface area (TPSA) is 324 Å². The van der Waals surface area contributed by atoms with E-state index in [1.54, 1.807) is 45.6 Å². The minimum absolute atomic E-state index is 0. The van der Waals surface area contributed by atoms with Crippen molar-refractivity contribution >= 4 is 87.6 Å². The number of methoxy groups -OCH3 is 3. The summed E-state index contributed by atoms with van der Waals surface area (Å²) in [7, 11) is 4.69. The smallest absolute Gasteiger partial charge is 0.307 e. The van der Waals surface area contributed by atoms with Gasteiger partial charge in [0, 0.05) is 98.0 Å². The van der Waals surface area contributed by atoms with E-state index in [1.807, 2.05) is 118 Å². The Labute approximate surface area is 805 Å². The van der Waals surface area contributed by atoms with Gasteiger partial charge in [0.25, 0.3) is 0 Å². The molecule has 132 heavy (non-hydrogen) atoms. The summed E-state index contributed by atoms with van der Waals surface area (Å²) >= 11 is 0. The van der Waals surface area contributed by atoms with E-state index in [9.17, 15) is 60.7 Å². The first-order valence-electron chi connectivity index (χ1n) is 46.2. The zero-order valence-electron chi connectivity index (χ0n) is 77.8. The molecule has 6 bridgehead atoms. The first kappa shape index (κ1) is 104. The molecule has 3 aromatic heterocycles. The summed E-state index contributed by atoms with van der Waals surface area (Å²) in [5, 5.41) is 0. The number of esters is 3. The normalized spacial score (nSPS) is 30.1. The van der Waals surface area contributed by atoms with Gasteiger partial charge in [-0.15, -0.1) is 0 Å².